The van der Waals surface area contributed by atoms with E-state index < -0.39 is 0 Å². The van der Waals surface area contributed by atoms with Gasteiger partial charge in [0.05, 0.1) is 7.11 Å². The second-order valence-electron chi connectivity index (χ2n) is 4.83. The normalized spacial score (nSPS) is 12.2. The van der Waals surface area contributed by atoms with Gasteiger partial charge in [-0.15, -0.1) is 0 Å². The zero-order valence-corrected chi connectivity index (χ0v) is 11.8. The van der Waals surface area contributed by atoms with Gasteiger partial charge in [-0.2, -0.15) is 0 Å². The minimum absolute atomic E-state index is 0.325. The summed E-state index contributed by atoms with van der Waals surface area (Å²) in [5, 5.41) is 3.54. The third-order valence-electron chi connectivity index (χ3n) is 3.33. The van der Waals surface area contributed by atoms with Crippen LogP contribution < -0.4 is 10.1 Å². The van der Waals surface area contributed by atoms with Gasteiger partial charge in [0.1, 0.15) is 5.75 Å². The van der Waals surface area contributed by atoms with Crippen molar-refractivity contribution in [3.05, 3.63) is 65.2 Å². The topological polar surface area (TPSA) is 21.3 Å². The van der Waals surface area contributed by atoms with Crippen LogP contribution in [0.15, 0.2) is 48.5 Å². The first kappa shape index (κ1) is 13.6. The summed E-state index contributed by atoms with van der Waals surface area (Å²) in [6.07, 6.45) is 0. The van der Waals surface area contributed by atoms with Crippen LogP contribution in [-0.2, 0) is 6.54 Å². The molecular weight excluding hydrogens is 234 g/mol. The number of hydrogen-bond donors (Lipinski definition) is 1. The highest BCUT2D eigenvalue weighted by molar-refractivity contribution is 5.36. The van der Waals surface area contributed by atoms with Gasteiger partial charge in [-0.3, -0.25) is 0 Å². The van der Waals surface area contributed by atoms with Crippen LogP contribution >= 0.6 is 0 Å². The summed E-state index contributed by atoms with van der Waals surface area (Å²) in [5.41, 5.74) is 3.75. The Balaban J connectivity index is 2.04. The largest absolute Gasteiger partial charge is 0.496 e. The molecule has 1 atom stereocenters. The molecule has 0 saturated heterocycles. The molecule has 0 aliphatic rings. The predicted molar refractivity (Wildman–Crippen MR) is 79.4 cm³/mol. The number of benzene rings is 2. The van der Waals surface area contributed by atoms with E-state index in [-0.39, 0.29) is 0 Å². The molecule has 0 bridgehead atoms. The van der Waals surface area contributed by atoms with E-state index in [0.717, 1.165) is 12.3 Å². The fraction of sp³-hybridized carbons (Fsp3) is 0.294. The highest BCUT2D eigenvalue weighted by atomic mass is 16.5. The second kappa shape index (κ2) is 6.39. The highest BCUT2D eigenvalue weighted by Crippen LogP contribution is 2.21. The van der Waals surface area contributed by atoms with Crippen molar-refractivity contribution in [2.45, 2.75) is 26.4 Å². The third kappa shape index (κ3) is 3.58. The molecule has 0 aromatic heterocycles. The average Bonchev–Trinajstić information content (AvgIpc) is 2.46. The Hall–Kier alpha value is -1.80. The molecule has 0 radical (unpaired) electrons. The summed E-state index contributed by atoms with van der Waals surface area (Å²) in [6.45, 7) is 5.09. The van der Waals surface area contributed by atoms with Gasteiger partial charge in [0.15, 0.2) is 0 Å². The van der Waals surface area contributed by atoms with Crippen LogP contribution in [0.2, 0.25) is 0 Å². The first-order valence-electron chi connectivity index (χ1n) is 6.62. The van der Waals surface area contributed by atoms with Crippen molar-refractivity contribution < 1.29 is 4.74 Å². The molecule has 0 unspecified atom stereocenters. The lowest BCUT2D eigenvalue weighted by atomic mass is 10.1. The maximum atomic E-state index is 5.40. The maximum absolute atomic E-state index is 5.40. The van der Waals surface area contributed by atoms with Crippen LogP contribution in [-0.4, -0.2) is 7.11 Å². The van der Waals surface area contributed by atoms with Crippen LogP contribution in [0.5, 0.6) is 5.75 Å². The van der Waals surface area contributed by atoms with Gasteiger partial charge < -0.3 is 10.1 Å². The van der Waals surface area contributed by atoms with E-state index in [2.05, 4.69) is 55.6 Å². The Morgan fingerprint density at radius 3 is 2.53 bits per heavy atom. The van der Waals surface area contributed by atoms with Gasteiger partial charge in [0, 0.05) is 18.2 Å². The average molecular weight is 255 g/mol. The van der Waals surface area contributed by atoms with Gasteiger partial charge in [-0.1, -0.05) is 48.0 Å². The molecule has 0 aliphatic carbocycles. The van der Waals surface area contributed by atoms with E-state index in [1.807, 2.05) is 12.1 Å². The van der Waals surface area contributed by atoms with Crippen LogP contribution in [0.1, 0.15) is 29.7 Å². The van der Waals surface area contributed by atoms with Crippen molar-refractivity contribution >= 4 is 0 Å². The van der Waals surface area contributed by atoms with E-state index in [0.29, 0.717) is 6.04 Å². The lowest BCUT2D eigenvalue weighted by Crippen LogP contribution is -2.18. The lowest BCUT2D eigenvalue weighted by Gasteiger charge is -2.16. The molecule has 0 spiro atoms. The number of ether oxygens (including phenoxy) is 1. The fourth-order valence-electron chi connectivity index (χ4n) is 2.17. The first-order chi connectivity index (χ1) is 9.20. The van der Waals surface area contributed by atoms with Gasteiger partial charge in [0.25, 0.3) is 0 Å². The van der Waals surface area contributed by atoms with E-state index in [1.54, 1.807) is 7.11 Å². The first-order valence-corrected chi connectivity index (χ1v) is 6.62. The Bertz CT molecular complexity index is 522. The summed E-state index contributed by atoms with van der Waals surface area (Å²) >= 11 is 0. The molecule has 2 aromatic carbocycles. The molecule has 2 rings (SSSR count). The second-order valence-corrected chi connectivity index (χ2v) is 4.83. The quantitative estimate of drug-likeness (QED) is 0.876. The van der Waals surface area contributed by atoms with E-state index in [4.69, 9.17) is 4.74 Å². The number of rotatable bonds is 5. The predicted octanol–water partition coefficient (Wildman–Crippen LogP) is 3.85. The van der Waals surface area contributed by atoms with Gasteiger partial charge >= 0.3 is 0 Å². The minimum Gasteiger partial charge on any atom is -0.496 e. The zero-order chi connectivity index (χ0) is 13.7. The zero-order valence-electron chi connectivity index (χ0n) is 11.8. The van der Waals surface area contributed by atoms with Crippen LogP contribution in [0.4, 0.5) is 0 Å². The van der Waals surface area contributed by atoms with Crippen molar-refractivity contribution in [2.24, 2.45) is 0 Å². The minimum atomic E-state index is 0.325. The Morgan fingerprint density at radius 1 is 1.11 bits per heavy atom. The molecular formula is C17H21NO. The van der Waals surface area contributed by atoms with Crippen LogP contribution in [0.3, 0.4) is 0 Å². The van der Waals surface area contributed by atoms with Gasteiger partial charge in [-0.25, -0.2) is 0 Å². The van der Waals surface area contributed by atoms with Crippen molar-refractivity contribution in [2.75, 3.05) is 7.11 Å². The molecule has 0 fully saturated rings. The van der Waals surface area contributed by atoms with E-state index in [9.17, 15) is 0 Å². The standard InChI is InChI=1S/C17H21NO/c1-13-9-10-17(19-3)16(11-13)12-18-14(2)15-7-5-4-6-8-15/h4-11,14,18H,12H2,1-3H3/t14-/m1/s1. The fourth-order valence-corrected chi connectivity index (χ4v) is 2.17. The van der Waals surface area contributed by atoms with Crippen molar-refractivity contribution in [1.29, 1.82) is 0 Å². The molecule has 100 valence electrons. The number of aryl methyl sites for hydroxylation is 1. The SMILES string of the molecule is COc1ccc(C)cc1CN[C@H](C)c1ccccc1. The molecule has 2 heteroatoms. The van der Waals surface area contributed by atoms with Crippen LogP contribution in [0, 0.1) is 6.92 Å². The lowest BCUT2D eigenvalue weighted by molar-refractivity contribution is 0.406. The van der Waals surface area contributed by atoms with E-state index >= 15 is 0 Å². The Kier molecular flexibility index (Phi) is 4.58. The summed E-state index contributed by atoms with van der Waals surface area (Å²) in [7, 11) is 1.72. The van der Waals surface area contributed by atoms with Crippen molar-refractivity contribution in [1.82, 2.24) is 5.32 Å². The molecule has 19 heavy (non-hydrogen) atoms. The number of hydrogen-bond acceptors (Lipinski definition) is 2. The molecule has 2 nitrogen and oxygen atoms in total. The summed E-state index contributed by atoms with van der Waals surface area (Å²) in [5.74, 6) is 0.943. The summed E-state index contributed by atoms with van der Waals surface area (Å²) in [6, 6.07) is 17.1. The molecule has 0 saturated carbocycles. The number of nitrogens with one attached hydrogen (secondary N) is 1. The number of methoxy groups -OCH3 is 1. The van der Waals surface area contributed by atoms with Crippen molar-refractivity contribution in [3.8, 4) is 5.75 Å². The summed E-state index contributed by atoms with van der Waals surface area (Å²) in [4.78, 5) is 0. The highest BCUT2D eigenvalue weighted by Gasteiger charge is 2.07. The van der Waals surface area contributed by atoms with E-state index in [1.165, 1.54) is 16.7 Å². The monoisotopic (exact) mass is 255 g/mol. The van der Waals surface area contributed by atoms with Crippen molar-refractivity contribution in [3.63, 3.8) is 0 Å². The maximum Gasteiger partial charge on any atom is 0.123 e. The Labute approximate surface area is 115 Å². The molecule has 2 aromatic rings. The summed E-state index contributed by atoms with van der Waals surface area (Å²) < 4.78 is 5.40. The molecule has 0 heterocycles. The Morgan fingerprint density at radius 2 is 1.84 bits per heavy atom. The molecule has 0 aliphatic heterocycles. The smallest absolute Gasteiger partial charge is 0.123 e. The third-order valence-corrected chi connectivity index (χ3v) is 3.33. The molecule has 1 N–H and O–H groups in total. The van der Waals surface area contributed by atoms with Crippen LogP contribution in [0.25, 0.3) is 0 Å². The van der Waals surface area contributed by atoms with Gasteiger partial charge in [0.2, 0.25) is 0 Å². The molecule has 0 amide bonds. The van der Waals surface area contributed by atoms with Gasteiger partial charge in [-0.05, 0) is 25.5 Å².